The minimum atomic E-state index is -0.257. The number of unbranched alkanes of at least 4 members (excludes halogenated alkanes) is 4. The van der Waals surface area contributed by atoms with Crippen LogP contribution < -0.4 is 9.47 Å². The summed E-state index contributed by atoms with van der Waals surface area (Å²) >= 11 is 0. The maximum Gasteiger partial charge on any atom is 0.308 e. The number of fused-ring (bicyclic) bond motifs is 1. The average Bonchev–Trinajstić information content (AvgIpc) is 2.97. The van der Waals surface area contributed by atoms with E-state index in [-0.39, 0.29) is 22.4 Å². The molecule has 0 bridgehead atoms. The van der Waals surface area contributed by atoms with Gasteiger partial charge in [0.1, 0.15) is 17.1 Å². The molecule has 0 saturated heterocycles. The van der Waals surface area contributed by atoms with E-state index in [1.165, 1.54) is 51.0 Å². The van der Waals surface area contributed by atoms with Gasteiger partial charge in [0.25, 0.3) is 0 Å². The van der Waals surface area contributed by atoms with Gasteiger partial charge in [-0.2, -0.15) is 0 Å². The molecule has 0 amide bonds. The maximum atomic E-state index is 12.1. The van der Waals surface area contributed by atoms with Crippen LogP contribution in [0.3, 0.4) is 0 Å². The van der Waals surface area contributed by atoms with Crippen molar-refractivity contribution in [1.29, 1.82) is 0 Å². The Labute approximate surface area is 191 Å². The predicted molar refractivity (Wildman–Crippen MR) is 130 cm³/mol. The third-order valence-corrected chi connectivity index (χ3v) is 6.45. The summed E-state index contributed by atoms with van der Waals surface area (Å²) in [5.74, 6) is 1.51. The second-order valence-electron chi connectivity index (χ2n) is 11.6. The van der Waals surface area contributed by atoms with Crippen LogP contribution in [0.2, 0.25) is 0 Å². The van der Waals surface area contributed by atoms with Crippen LogP contribution in [0.4, 0.5) is 0 Å². The van der Waals surface area contributed by atoms with E-state index in [1.54, 1.807) is 0 Å². The summed E-state index contributed by atoms with van der Waals surface area (Å²) < 4.78 is 12.8. The SMILES string of the molecule is CCCCCC1(CCCCC)Cc2c(cc(C(C)(C)C)c(OC(C)=O)c2C(C)(C)C)O1. The lowest BCUT2D eigenvalue weighted by atomic mass is 9.75. The van der Waals surface area contributed by atoms with Crippen LogP contribution in [-0.4, -0.2) is 11.6 Å². The highest BCUT2D eigenvalue weighted by Gasteiger charge is 2.43. The molecule has 2 rings (SSSR count). The van der Waals surface area contributed by atoms with Crippen molar-refractivity contribution in [2.75, 3.05) is 0 Å². The Morgan fingerprint density at radius 1 is 0.968 bits per heavy atom. The second kappa shape index (κ2) is 9.96. The van der Waals surface area contributed by atoms with Crippen LogP contribution in [0.15, 0.2) is 6.07 Å². The fourth-order valence-corrected chi connectivity index (χ4v) is 4.94. The molecule has 1 heterocycles. The summed E-state index contributed by atoms with van der Waals surface area (Å²) in [6.07, 6.45) is 10.4. The van der Waals surface area contributed by atoms with Crippen molar-refractivity contribution < 1.29 is 14.3 Å². The third-order valence-electron chi connectivity index (χ3n) is 6.45. The van der Waals surface area contributed by atoms with Gasteiger partial charge < -0.3 is 9.47 Å². The van der Waals surface area contributed by atoms with E-state index in [2.05, 4.69) is 61.5 Å². The molecule has 0 saturated carbocycles. The molecule has 0 atom stereocenters. The lowest BCUT2D eigenvalue weighted by Crippen LogP contribution is -2.34. The van der Waals surface area contributed by atoms with Gasteiger partial charge in [-0.25, -0.2) is 0 Å². The van der Waals surface area contributed by atoms with E-state index >= 15 is 0 Å². The fraction of sp³-hybridized carbons (Fsp3) is 0.750. The predicted octanol–water partition coefficient (Wildman–Crippen LogP) is 8.04. The first kappa shape index (κ1) is 25.7. The average molecular weight is 431 g/mol. The van der Waals surface area contributed by atoms with Crippen LogP contribution in [0, 0.1) is 0 Å². The van der Waals surface area contributed by atoms with Gasteiger partial charge in [0, 0.05) is 30.0 Å². The molecule has 0 N–H and O–H groups in total. The normalized spacial score (nSPS) is 15.5. The molecule has 0 unspecified atom stereocenters. The Morgan fingerprint density at radius 3 is 1.94 bits per heavy atom. The molecule has 0 aromatic heterocycles. The van der Waals surface area contributed by atoms with Crippen molar-refractivity contribution in [3.8, 4) is 11.5 Å². The van der Waals surface area contributed by atoms with E-state index in [9.17, 15) is 4.79 Å². The first-order valence-electron chi connectivity index (χ1n) is 12.4. The molecule has 1 aromatic rings. The Bertz CT molecular complexity index is 752. The smallest absolute Gasteiger partial charge is 0.308 e. The zero-order valence-corrected chi connectivity index (χ0v) is 21.7. The number of ether oxygens (including phenoxy) is 2. The molecule has 31 heavy (non-hydrogen) atoms. The summed E-state index contributed by atoms with van der Waals surface area (Å²) in [6, 6.07) is 2.17. The fourth-order valence-electron chi connectivity index (χ4n) is 4.94. The van der Waals surface area contributed by atoms with Crippen molar-refractivity contribution in [3.05, 3.63) is 22.8 Å². The quantitative estimate of drug-likeness (QED) is 0.226. The summed E-state index contributed by atoms with van der Waals surface area (Å²) in [4.78, 5) is 12.1. The molecule has 3 heteroatoms. The number of carbonyl (C=O) groups is 1. The van der Waals surface area contributed by atoms with Crippen LogP contribution in [0.25, 0.3) is 0 Å². The molecule has 0 spiro atoms. The van der Waals surface area contributed by atoms with Crippen LogP contribution in [0.5, 0.6) is 11.5 Å². The highest BCUT2D eigenvalue weighted by atomic mass is 16.5. The first-order valence-corrected chi connectivity index (χ1v) is 12.4. The number of rotatable bonds is 9. The van der Waals surface area contributed by atoms with Crippen LogP contribution in [0.1, 0.15) is 130 Å². The summed E-state index contributed by atoms with van der Waals surface area (Å²) in [6.45, 7) is 19.2. The van der Waals surface area contributed by atoms with Gasteiger partial charge in [0.2, 0.25) is 0 Å². The molecule has 176 valence electrons. The molecule has 1 aromatic carbocycles. The highest BCUT2D eigenvalue weighted by molar-refractivity contribution is 5.72. The van der Waals surface area contributed by atoms with Crippen LogP contribution in [-0.2, 0) is 22.0 Å². The second-order valence-corrected chi connectivity index (χ2v) is 11.6. The molecular weight excluding hydrogens is 384 g/mol. The van der Waals surface area contributed by atoms with E-state index < -0.39 is 0 Å². The van der Waals surface area contributed by atoms with Gasteiger partial charge in [-0.15, -0.1) is 0 Å². The molecule has 1 aliphatic heterocycles. The molecule has 1 aliphatic rings. The van der Waals surface area contributed by atoms with E-state index in [1.807, 2.05) is 0 Å². The highest BCUT2D eigenvalue weighted by Crippen LogP contribution is 2.52. The summed E-state index contributed by atoms with van der Waals surface area (Å²) in [5, 5.41) is 0. The first-order chi connectivity index (χ1) is 14.3. The summed E-state index contributed by atoms with van der Waals surface area (Å²) in [5.41, 5.74) is 3.03. The largest absolute Gasteiger partial charge is 0.487 e. The van der Waals surface area contributed by atoms with Crippen molar-refractivity contribution >= 4 is 5.97 Å². The molecule has 3 nitrogen and oxygen atoms in total. The van der Waals surface area contributed by atoms with Crippen molar-refractivity contribution in [2.24, 2.45) is 0 Å². The lowest BCUT2D eigenvalue weighted by Gasteiger charge is -2.30. The number of esters is 1. The van der Waals surface area contributed by atoms with Crippen molar-refractivity contribution in [2.45, 2.75) is 137 Å². The van der Waals surface area contributed by atoms with E-state index in [0.717, 1.165) is 41.9 Å². The van der Waals surface area contributed by atoms with Gasteiger partial charge >= 0.3 is 5.97 Å². The standard InChI is InChI=1S/C28H46O3/c1-10-12-14-16-28(17-15-13-11-2)19-21-23(31-28)18-22(26(4,5)6)25(30-20(3)29)24(21)27(7,8)9/h18H,10-17,19H2,1-9H3. The lowest BCUT2D eigenvalue weighted by molar-refractivity contribution is -0.132. The number of carbonyl (C=O) groups excluding carboxylic acids is 1. The molecule has 0 radical (unpaired) electrons. The van der Waals surface area contributed by atoms with E-state index in [0.29, 0.717) is 0 Å². The minimum Gasteiger partial charge on any atom is -0.487 e. The third kappa shape index (κ3) is 6.26. The Hall–Kier alpha value is -1.51. The Kier molecular flexibility index (Phi) is 8.27. The molecule has 0 aliphatic carbocycles. The Morgan fingerprint density at radius 2 is 1.52 bits per heavy atom. The zero-order chi connectivity index (χ0) is 23.4. The van der Waals surface area contributed by atoms with E-state index in [4.69, 9.17) is 9.47 Å². The maximum absolute atomic E-state index is 12.1. The van der Waals surface area contributed by atoms with Gasteiger partial charge in [0.15, 0.2) is 0 Å². The zero-order valence-electron chi connectivity index (χ0n) is 21.7. The summed E-state index contributed by atoms with van der Waals surface area (Å²) in [7, 11) is 0. The van der Waals surface area contributed by atoms with Crippen molar-refractivity contribution in [1.82, 2.24) is 0 Å². The topological polar surface area (TPSA) is 35.5 Å². The number of hydrogen-bond donors (Lipinski definition) is 0. The monoisotopic (exact) mass is 430 g/mol. The van der Waals surface area contributed by atoms with Gasteiger partial charge in [-0.05, 0) is 42.6 Å². The number of benzene rings is 1. The number of hydrogen-bond acceptors (Lipinski definition) is 3. The van der Waals surface area contributed by atoms with Gasteiger partial charge in [-0.1, -0.05) is 81.1 Å². The molecule has 0 fully saturated rings. The molecular formula is C28H46O3. The van der Waals surface area contributed by atoms with Crippen molar-refractivity contribution in [3.63, 3.8) is 0 Å². The van der Waals surface area contributed by atoms with Gasteiger partial charge in [-0.3, -0.25) is 4.79 Å². The van der Waals surface area contributed by atoms with Gasteiger partial charge in [0.05, 0.1) is 0 Å². The van der Waals surface area contributed by atoms with Crippen LogP contribution >= 0.6 is 0 Å². The minimum absolute atomic E-state index is 0.128. The Balaban J connectivity index is 2.63.